The van der Waals surface area contributed by atoms with E-state index in [1.54, 1.807) is 76.4 Å². The third kappa shape index (κ3) is 4.97. The van der Waals surface area contributed by atoms with Gasteiger partial charge in [0.25, 0.3) is 11.8 Å². The second kappa shape index (κ2) is 9.82. The predicted octanol–water partition coefficient (Wildman–Crippen LogP) is 4.32. The molecule has 3 N–H and O–H groups in total. The van der Waals surface area contributed by atoms with Gasteiger partial charge < -0.3 is 25.1 Å². The van der Waals surface area contributed by atoms with E-state index in [0.717, 1.165) is 0 Å². The minimum atomic E-state index is -0.468. The van der Waals surface area contributed by atoms with Crippen molar-refractivity contribution in [3.8, 4) is 5.75 Å². The van der Waals surface area contributed by atoms with E-state index in [0.29, 0.717) is 39.5 Å². The highest BCUT2D eigenvalue weighted by atomic mass is 16.5. The van der Waals surface area contributed by atoms with Crippen LogP contribution in [0.1, 0.15) is 49.4 Å². The van der Waals surface area contributed by atoms with E-state index in [9.17, 15) is 14.4 Å². The molecule has 8 nitrogen and oxygen atoms in total. The molecule has 166 valence electrons. The molecule has 0 atom stereocenters. The second-order valence-corrected chi connectivity index (χ2v) is 7.06. The van der Waals surface area contributed by atoms with E-state index in [4.69, 9.17) is 9.47 Å². The molecule has 2 amide bonds. The van der Waals surface area contributed by atoms with Gasteiger partial charge in [-0.05, 0) is 74.9 Å². The molecule has 8 heteroatoms. The molecule has 1 aromatic heterocycles. The van der Waals surface area contributed by atoms with Crippen LogP contribution in [-0.4, -0.2) is 36.5 Å². The molecule has 0 bridgehead atoms. The molecule has 0 unspecified atom stereocenters. The van der Waals surface area contributed by atoms with Crippen LogP contribution in [0.25, 0.3) is 0 Å². The number of hydrogen-bond acceptors (Lipinski definition) is 5. The van der Waals surface area contributed by atoms with Crippen LogP contribution in [0.4, 0.5) is 11.4 Å². The number of carbonyl (C=O) groups is 3. The molecule has 3 rings (SSSR count). The third-order valence-corrected chi connectivity index (χ3v) is 4.90. The Kier molecular flexibility index (Phi) is 6.94. The number of methoxy groups -OCH3 is 1. The van der Waals surface area contributed by atoms with Gasteiger partial charge >= 0.3 is 5.97 Å². The molecule has 0 saturated carbocycles. The molecular formula is C24H25N3O5. The standard InChI is InChI=1S/C24H25N3O5/c1-5-32-24(30)20-14(2)21(25-15(20)3)23(29)27-17-8-6-16(7-9-17)22(28)26-18-10-12-19(31-4)13-11-18/h6-13,25H,5H2,1-4H3,(H,26,28)(H,27,29). The van der Waals surface area contributed by atoms with Crippen LogP contribution >= 0.6 is 0 Å². The zero-order valence-electron chi connectivity index (χ0n) is 18.4. The van der Waals surface area contributed by atoms with Crippen molar-refractivity contribution in [1.82, 2.24) is 4.98 Å². The van der Waals surface area contributed by atoms with Gasteiger partial charge in [-0.2, -0.15) is 0 Å². The first-order chi connectivity index (χ1) is 15.3. The number of carbonyl (C=O) groups excluding carboxylic acids is 3. The number of ether oxygens (including phenoxy) is 2. The lowest BCUT2D eigenvalue weighted by atomic mass is 10.1. The van der Waals surface area contributed by atoms with E-state index < -0.39 is 11.9 Å². The zero-order valence-corrected chi connectivity index (χ0v) is 18.4. The Morgan fingerprint density at radius 3 is 2.00 bits per heavy atom. The summed E-state index contributed by atoms with van der Waals surface area (Å²) in [4.78, 5) is 40.2. The van der Waals surface area contributed by atoms with E-state index in [-0.39, 0.29) is 18.2 Å². The lowest BCUT2D eigenvalue weighted by Gasteiger charge is -2.08. The van der Waals surface area contributed by atoms with Gasteiger partial charge in [0.15, 0.2) is 0 Å². The summed E-state index contributed by atoms with van der Waals surface area (Å²) in [5.41, 5.74) is 3.33. The number of H-pyrrole nitrogens is 1. The lowest BCUT2D eigenvalue weighted by molar-refractivity contribution is 0.0525. The number of aryl methyl sites for hydroxylation is 1. The van der Waals surface area contributed by atoms with Gasteiger partial charge in [-0.15, -0.1) is 0 Å². The van der Waals surface area contributed by atoms with E-state index in [2.05, 4.69) is 15.6 Å². The number of esters is 1. The van der Waals surface area contributed by atoms with Gasteiger partial charge in [-0.3, -0.25) is 9.59 Å². The van der Waals surface area contributed by atoms with E-state index in [1.165, 1.54) is 0 Å². The summed E-state index contributed by atoms with van der Waals surface area (Å²) in [6, 6.07) is 13.5. The summed E-state index contributed by atoms with van der Waals surface area (Å²) in [7, 11) is 1.57. The number of aromatic amines is 1. The Labute approximate surface area is 185 Å². The van der Waals surface area contributed by atoms with Crippen molar-refractivity contribution in [2.45, 2.75) is 20.8 Å². The minimum absolute atomic E-state index is 0.253. The first kappa shape index (κ1) is 22.6. The molecular weight excluding hydrogens is 410 g/mol. The highest BCUT2D eigenvalue weighted by Gasteiger charge is 2.23. The van der Waals surface area contributed by atoms with E-state index >= 15 is 0 Å². The van der Waals surface area contributed by atoms with Gasteiger partial charge in [0.05, 0.1) is 19.3 Å². The van der Waals surface area contributed by atoms with Gasteiger partial charge in [0, 0.05) is 22.6 Å². The SMILES string of the molecule is CCOC(=O)c1c(C)[nH]c(C(=O)Nc2ccc(C(=O)Nc3ccc(OC)cc3)cc2)c1C. The molecule has 0 spiro atoms. The number of rotatable bonds is 7. The predicted molar refractivity (Wildman–Crippen MR) is 122 cm³/mol. The summed E-state index contributed by atoms with van der Waals surface area (Å²) in [5.74, 6) is -0.436. The summed E-state index contributed by atoms with van der Waals surface area (Å²) < 4.78 is 10.2. The molecule has 0 aliphatic rings. The molecule has 3 aromatic rings. The van der Waals surface area contributed by atoms with Gasteiger partial charge in [-0.1, -0.05) is 0 Å². The minimum Gasteiger partial charge on any atom is -0.497 e. The van der Waals surface area contributed by atoms with Crippen LogP contribution < -0.4 is 15.4 Å². The largest absolute Gasteiger partial charge is 0.497 e. The fourth-order valence-electron chi connectivity index (χ4n) is 3.26. The first-order valence-electron chi connectivity index (χ1n) is 10.1. The zero-order chi connectivity index (χ0) is 23.3. The maximum atomic E-state index is 12.7. The number of nitrogens with one attached hydrogen (secondary N) is 3. The number of anilines is 2. The summed E-state index contributed by atoms with van der Waals surface area (Å²) in [6.45, 7) is 5.39. The van der Waals surface area contributed by atoms with Crippen LogP contribution in [0.5, 0.6) is 5.75 Å². The molecule has 2 aromatic carbocycles. The molecule has 0 radical (unpaired) electrons. The summed E-state index contributed by atoms with van der Waals surface area (Å²) in [5, 5.41) is 5.57. The Morgan fingerprint density at radius 2 is 1.44 bits per heavy atom. The number of aromatic nitrogens is 1. The number of benzene rings is 2. The Bertz CT molecular complexity index is 1130. The quantitative estimate of drug-likeness (QED) is 0.479. The average molecular weight is 435 g/mol. The van der Waals surface area contributed by atoms with Crippen LogP contribution in [0.15, 0.2) is 48.5 Å². The lowest BCUT2D eigenvalue weighted by Crippen LogP contribution is -2.15. The Hall–Kier alpha value is -4.07. The second-order valence-electron chi connectivity index (χ2n) is 7.06. The van der Waals surface area contributed by atoms with Gasteiger partial charge in [-0.25, -0.2) is 4.79 Å². The maximum absolute atomic E-state index is 12.7. The van der Waals surface area contributed by atoms with Crippen molar-refractivity contribution in [2.75, 3.05) is 24.4 Å². The number of hydrogen-bond donors (Lipinski definition) is 3. The van der Waals surface area contributed by atoms with Gasteiger partial charge in [0.2, 0.25) is 0 Å². The Morgan fingerprint density at radius 1 is 0.875 bits per heavy atom. The average Bonchev–Trinajstić information content (AvgIpc) is 3.09. The smallest absolute Gasteiger partial charge is 0.340 e. The third-order valence-electron chi connectivity index (χ3n) is 4.90. The number of amides is 2. The van der Waals surface area contributed by atoms with Crippen LogP contribution in [0, 0.1) is 13.8 Å². The van der Waals surface area contributed by atoms with Gasteiger partial charge in [0.1, 0.15) is 11.4 Å². The fourth-order valence-corrected chi connectivity index (χ4v) is 3.26. The highest BCUT2D eigenvalue weighted by Crippen LogP contribution is 2.21. The topological polar surface area (TPSA) is 110 Å². The highest BCUT2D eigenvalue weighted by molar-refractivity contribution is 6.07. The molecule has 0 aliphatic heterocycles. The normalized spacial score (nSPS) is 10.4. The fraction of sp³-hybridized carbons (Fsp3) is 0.208. The summed E-state index contributed by atoms with van der Waals surface area (Å²) >= 11 is 0. The first-order valence-corrected chi connectivity index (χ1v) is 10.1. The van der Waals surface area contributed by atoms with Crippen molar-refractivity contribution >= 4 is 29.2 Å². The van der Waals surface area contributed by atoms with Crippen LogP contribution in [0.2, 0.25) is 0 Å². The van der Waals surface area contributed by atoms with Crippen molar-refractivity contribution < 1.29 is 23.9 Å². The maximum Gasteiger partial charge on any atom is 0.340 e. The molecule has 32 heavy (non-hydrogen) atoms. The summed E-state index contributed by atoms with van der Waals surface area (Å²) in [6.07, 6.45) is 0. The molecule has 0 saturated heterocycles. The Balaban J connectivity index is 1.67. The van der Waals surface area contributed by atoms with Crippen molar-refractivity contribution in [3.05, 3.63) is 76.6 Å². The molecule has 0 fully saturated rings. The van der Waals surface area contributed by atoms with Crippen molar-refractivity contribution in [2.24, 2.45) is 0 Å². The van der Waals surface area contributed by atoms with Crippen molar-refractivity contribution in [1.29, 1.82) is 0 Å². The molecule has 0 aliphatic carbocycles. The van der Waals surface area contributed by atoms with Crippen LogP contribution in [-0.2, 0) is 4.74 Å². The van der Waals surface area contributed by atoms with Crippen molar-refractivity contribution in [3.63, 3.8) is 0 Å². The molecule has 1 heterocycles. The van der Waals surface area contributed by atoms with Crippen LogP contribution in [0.3, 0.4) is 0 Å². The van der Waals surface area contributed by atoms with E-state index in [1.807, 2.05) is 0 Å². The monoisotopic (exact) mass is 435 g/mol.